The smallest absolute Gasteiger partial charge is 0.256 e. The number of halogens is 1. The van der Waals surface area contributed by atoms with Crippen molar-refractivity contribution in [1.82, 2.24) is 4.98 Å². The van der Waals surface area contributed by atoms with Gasteiger partial charge < -0.3 is 5.32 Å². The number of carbonyl (C=O) groups is 1. The summed E-state index contributed by atoms with van der Waals surface area (Å²) in [5.41, 5.74) is 2.78. The van der Waals surface area contributed by atoms with Crippen LogP contribution in [0.3, 0.4) is 0 Å². The van der Waals surface area contributed by atoms with Crippen LogP contribution in [0.2, 0.25) is 5.02 Å². The van der Waals surface area contributed by atoms with E-state index in [9.17, 15) is 13.2 Å². The number of anilines is 1. The molecule has 0 saturated heterocycles. The maximum Gasteiger partial charge on any atom is 0.256 e. The van der Waals surface area contributed by atoms with Crippen LogP contribution in [-0.4, -0.2) is 19.3 Å². The maximum atomic E-state index is 13.1. The summed E-state index contributed by atoms with van der Waals surface area (Å²) >= 11 is 6.14. The van der Waals surface area contributed by atoms with Crippen LogP contribution in [0.1, 0.15) is 10.4 Å². The van der Waals surface area contributed by atoms with Crippen LogP contribution in [0.5, 0.6) is 0 Å². The molecule has 0 bridgehead atoms. The number of fused-ring (bicyclic) bond motifs is 1. The average molecular weight is 438 g/mol. The number of nitrogens with two attached hydrogens (primary N) is 1. The van der Waals surface area contributed by atoms with E-state index in [0.29, 0.717) is 32.9 Å². The molecule has 0 saturated carbocycles. The highest BCUT2D eigenvalue weighted by atomic mass is 35.5. The lowest BCUT2D eigenvalue weighted by Gasteiger charge is -2.11. The SMILES string of the molecule is NS(=O)(=O)c1cccc(NC(=O)c2cc(-c3ccccc3)nc3ccc(Cl)cc23)c1. The topological polar surface area (TPSA) is 102 Å². The molecule has 0 aliphatic carbocycles. The van der Waals surface area contributed by atoms with Crippen molar-refractivity contribution in [3.63, 3.8) is 0 Å². The molecule has 1 heterocycles. The summed E-state index contributed by atoms with van der Waals surface area (Å²) in [4.78, 5) is 17.7. The highest BCUT2D eigenvalue weighted by Gasteiger charge is 2.16. The first-order chi connectivity index (χ1) is 14.3. The standard InChI is InChI=1S/C22H16ClN3O3S/c23-15-9-10-20-18(11-15)19(13-21(26-20)14-5-2-1-3-6-14)22(27)25-16-7-4-8-17(12-16)30(24,28)29/h1-13H,(H,25,27)(H2,24,28,29). The summed E-state index contributed by atoms with van der Waals surface area (Å²) in [5.74, 6) is -0.423. The predicted molar refractivity (Wildman–Crippen MR) is 118 cm³/mol. The van der Waals surface area contributed by atoms with E-state index in [4.69, 9.17) is 16.7 Å². The molecule has 0 spiro atoms. The molecule has 4 rings (SSSR count). The first kappa shape index (κ1) is 20.0. The molecule has 1 amide bonds. The molecule has 0 aliphatic heterocycles. The van der Waals surface area contributed by atoms with Crippen molar-refractivity contribution in [2.45, 2.75) is 4.90 Å². The Morgan fingerprint density at radius 2 is 1.70 bits per heavy atom. The third kappa shape index (κ3) is 4.18. The quantitative estimate of drug-likeness (QED) is 0.492. The number of sulfonamides is 1. The largest absolute Gasteiger partial charge is 0.322 e. The van der Waals surface area contributed by atoms with Gasteiger partial charge in [0.05, 0.1) is 21.7 Å². The molecular weight excluding hydrogens is 422 g/mol. The lowest BCUT2D eigenvalue weighted by molar-refractivity contribution is 0.102. The van der Waals surface area contributed by atoms with Gasteiger partial charge in [-0.2, -0.15) is 0 Å². The van der Waals surface area contributed by atoms with Crippen LogP contribution in [0.4, 0.5) is 5.69 Å². The molecular formula is C22H16ClN3O3S. The Labute approximate surface area is 178 Å². The van der Waals surface area contributed by atoms with Crippen LogP contribution in [-0.2, 0) is 10.0 Å². The van der Waals surface area contributed by atoms with Gasteiger partial charge in [-0.15, -0.1) is 0 Å². The molecule has 0 unspecified atom stereocenters. The normalized spacial score (nSPS) is 11.4. The maximum absolute atomic E-state index is 13.1. The van der Waals surface area contributed by atoms with Gasteiger partial charge >= 0.3 is 0 Å². The first-order valence-corrected chi connectivity index (χ1v) is 10.8. The van der Waals surface area contributed by atoms with Gasteiger partial charge in [0.2, 0.25) is 10.0 Å². The number of carbonyl (C=O) groups excluding carboxylic acids is 1. The predicted octanol–water partition coefficient (Wildman–Crippen LogP) is 4.45. The van der Waals surface area contributed by atoms with Crippen molar-refractivity contribution in [3.8, 4) is 11.3 Å². The Morgan fingerprint density at radius 3 is 2.43 bits per heavy atom. The molecule has 6 nitrogen and oxygen atoms in total. The lowest BCUT2D eigenvalue weighted by Crippen LogP contribution is -2.15. The van der Waals surface area contributed by atoms with Crippen molar-refractivity contribution in [1.29, 1.82) is 0 Å². The van der Waals surface area contributed by atoms with Gasteiger partial charge in [-0.25, -0.2) is 18.5 Å². The van der Waals surface area contributed by atoms with Crippen molar-refractivity contribution in [2.75, 3.05) is 5.32 Å². The van der Waals surface area contributed by atoms with E-state index in [2.05, 4.69) is 10.3 Å². The molecule has 150 valence electrons. The van der Waals surface area contributed by atoms with E-state index < -0.39 is 15.9 Å². The van der Waals surface area contributed by atoms with Gasteiger partial charge in [0.15, 0.2) is 0 Å². The highest BCUT2D eigenvalue weighted by Crippen LogP contribution is 2.28. The number of pyridine rings is 1. The molecule has 3 N–H and O–H groups in total. The first-order valence-electron chi connectivity index (χ1n) is 8.91. The third-order valence-corrected chi connectivity index (χ3v) is 5.65. The van der Waals surface area contributed by atoms with Crippen LogP contribution in [0.25, 0.3) is 22.2 Å². The molecule has 0 atom stereocenters. The monoisotopic (exact) mass is 437 g/mol. The number of amides is 1. The minimum absolute atomic E-state index is 0.0899. The summed E-state index contributed by atoms with van der Waals surface area (Å²) in [6.45, 7) is 0. The van der Waals surface area contributed by atoms with Crippen molar-refractivity contribution >= 4 is 44.1 Å². The summed E-state index contributed by atoms with van der Waals surface area (Å²) in [6.07, 6.45) is 0. The van der Waals surface area contributed by atoms with Crippen LogP contribution < -0.4 is 10.5 Å². The zero-order valence-corrected chi connectivity index (χ0v) is 17.1. The summed E-state index contributed by atoms with van der Waals surface area (Å²) < 4.78 is 23.2. The number of rotatable bonds is 4. The molecule has 0 fully saturated rings. The van der Waals surface area contributed by atoms with E-state index in [1.54, 1.807) is 30.3 Å². The number of nitrogens with zero attached hydrogens (tertiary/aromatic N) is 1. The molecule has 4 aromatic rings. The molecule has 30 heavy (non-hydrogen) atoms. The number of hydrogen-bond donors (Lipinski definition) is 2. The Hall–Kier alpha value is -3.26. The number of primary sulfonamides is 1. The van der Waals surface area contributed by atoms with Gasteiger partial charge in [-0.1, -0.05) is 48.0 Å². The van der Waals surface area contributed by atoms with E-state index in [-0.39, 0.29) is 4.90 Å². The number of nitrogens with one attached hydrogen (secondary N) is 1. The fourth-order valence-electron chi connectivity index (χ4n) is 3.09. The summed E-state index contributed by atoms with van der Waals surface area (Å²) in [7, 11) is -3.89. The Morgan fingerprint density at radius 1 is 0.933 bits per heavy atom. The van der Waals surface area contributed by atoms with Gasteiger partial charge in [0.1, 0.15) is 0 Å². The van der Waals surface area contributed by atoms with Crippen LogP contribution >= 0.6 is 11.6 Å². The number of hydrogen-bond acceptors (Lipinski definition) is 4. The van der Waals surface area contributed by atoms with Crippen molar-refractivity contribution in [3.05, 3.63) is 89.4 Å². The Bertz CT molecular complexity index is 1370. The second kappa shape index (κ2) is 7.87. The molecule has 3 aromatic carbocycles. The third-order valence-electron chi connectivity index (χ3n) is 4.51. The van der Waals surface area contributed by atoms with Crippen molar-refractivity contribution < 1.29 is 13.2 Å². The summed E-state index contributed by atoms with van der Waals surface area (Å²) in [6, 6.07) is 22.1. The average Bonchev–Trinajstić information content (AvgIpc) is 2.73. The van der Waals surface area contributed by atoms with Crippen LogP contribution in [0, 0.1) is 0 Å². The summed E-state index contributed by atoms with van der Waals surface area (Å²) in [5, 5.41) is 8.97. The van der Waals surface area contributed by atoms with Gasteiger partial charge in [0.25, 0.3) is 5.91 Å². The molecule has 8 heteroatoms. The molecule has 1 aromatic heterocycles. The highest BCUT2D eigenvalue weighted by molar-refractivity contribution is 7.89. The van der Waals surface area contributed by atoms with E-state index >= 15 is 0 Å². The molecule has 0 aliphatic rings. The second-order valence-corrected chi connectivity index (χ2v) is 8.61. The van der Waals surface area contributed by atoms with E-state index in [1.807, 2.05) is 30.3 Å². The van der Waals surface area contributed by atoms with E-state index in [1.165, 1.54) is 18.2 Å². The van der Waals surface area contributed by atoms with Gasteiger partial charge in [0, 0.05) is 21.7 Å². The number of aromatic nitrogens is 1. The van der Waals surface area contributed by atoms with Gasteiger partial charge in [-0.05, 0) is 42.5 Å². The van der Waals surface area contributed by atoms with Crippen LogP contribution in [0.15, 0.2) is 83.8 Å². The molecule has 0 radical (unpaired) electrons. The Balaban J connectivity index is 1.81. The minimum atomic E-state index is -3.89. The Kier molecular flexibility index (Phi) is 5.26. The number of benzene rings is 3. The van der Waals surface area contributed by atoms with Gasteiger partial charge in [-0.3, -0.25) is 4.79 Å². The van der Waals surface area contributed by atoms with Crippen molar-refractivity contribution in [2.24, 2.45) is 5.14 Å². The fraction of sp³-hybridized carbons (Fsp3) is 0. The fourth-order valence-corrected chi connectivity index (χ4v) is 3.82. The second-order valence-electron chi connectivity index (χ2n) is 6.61. The van der Waals surface area contributed by atoms with E-state index in [0.717, 1.165) is 5.56 Å². The minimum Gasteiger partial charge on any atom is -0.322 e. The zero-order chi connectivity index (χ0) is 21.3. The zero-order valence-electron chi connectivity index (χ0n) is 15.5. The lowest BCUT2D eigenvalue weighted by atomic mass is 10.0.